The lowest BCUT2D eigenvalue weighted by atomic mass is 10.2. The first-order chi connectivity index (χ1) is 10.6. The molecule has 22 heavy (non-hydrogen) atoms. The van der Waals surface area contributed by atoms with Gasteiger partial charge >= 0.3 is 5.69 Å². The molecule has 1 amide bonds. The molecule has 0 bridgehead atoms. The smallest absolute Gasteiger partial charge is 0.329 e. The molecule has 2 N–H and O–H groups in total. The number of hydrogen-bond acceptors (Lipinski definition) is 3. The number of benzene rings is 1. The minimum absolute atomic E-state index is 0.185. The topological polar surface area (TPSA) is 79.6 Å². The average Bonchev–Trinajstić information content (AvgIpc) is 2.52. The largest absolute Gasteiger partial charge is 0.334 e. The number of aromatic amines is 1. The minimum Gasteiger partial charge on any atom is -0.334 e. The van der Waals surface area contributed by atoms with Crippen LogP contribution in [0.25, 0.3) is 10.9 Å². The second-order valence-electron chi connectivity index (χ2n) is 5.70. The molecule has 1 aliphatic heterocycles. The zero-order valence-corrected chi connectivity index (χ0v) is 12.5. The Kier molecular flexibility index (Phi) is 3.81. The van der Waals surface area contributed by atoms with E-state index in [9.17, 15) is 14.4 Å². The Morgan fingerprint density at radius 2 is 1.91 bits per heavy atom. The van der Waals surface area contributed by atoms with Gasteiger partial charge in [0.1, 0.15) is 6.54 Å². The highest BCUT2D eigenvalue weighted by Crippen LogP contribution is 2.03. The highest BCUT2D eigenvalue weighted by Gasteiger charge is 2.22. The van der Waals surface area contributed by atoms with Gasteiger partial charge in [-0.1, -0.05) is 12.1 Å². The standard InChI is InChI=1S/C15H18N4O3/c1-17-6-8-18(9-7-17)13(20)10-19-14(21)11-4-2-3-5-12(11)16-15(19)22/h2-5H,6-10H2,1H3,(H,16,22)/p+1. The van der Waals surface area contributed by atoms with Crippen LogP contribution in [0, 0.1) is 0 Å². The van der Waals surface area contributed by atoms with Crippen molar-refractivity contribution >= 4 is 16.8 Å². The third kappa shape index (κ3) is 2.67. The number of nitrogens with zero attached hydrogens (tertiary/aromatic N) is 2. The summed E-state index contributed by atoms with van der Waals surface area (Å²) in [6, 6.07) is 6.80. The maximum absolute atomic E-state index is 12.4. The number of nitrogens with one attached hydrogen (secondary N) is 2. The molecule has 1 saturated heterocycles. The van der Waals surface area contributed by atoms with Crippen molar-refractivity contribution in [3.05, 3.63) is 45.1 Å². The van der Waals surface area contributed by atoms with E-state index < -0.39 is 11.2 Å². The first kappa shape index (κ1) is 14.5. The zero-order valence-electron chi connectivity index (χ0n) is 12.5. The number of likely N-dealkylation sites (N-methyl/N-ethyl adjacent to an activating group) is 1. The summed E-state index contributed by atoms with van der Waals surface area (Å²) in [7, 11) is 2.08. The lowest BCUT2D eigenvalue weighted by molar-refractivity contribution is -0.883. The molecule has 1 aromatic heterocycles. The summed E-state index contributed by atoms with van der Waals surface area (Å²) >= 11 is 0. The van der Waals surface area contributed by atoms with Gasteiger partial charge in [-0.25, -0.2) is 4.79 Å². The van der Waals surface area contributed by atoms with E-state index in [-0.39, 0.29) is 12.5 Å². The fourth-order valence-electron chi connectivity index (χ4n) is 2.72. The van der Waals surface area contributed by atoms with Crippen LogP contribution in [0.1, 0.15) is 0 Å². The molecule has 0 saturated carbocycles. The maximum Gasteiger partial charge on any atom is 0.329 e. The van der Waals surface area contributed by atoms with Gasteiger partial charge < -0.3 is 14.8 Å². The van der Waals surface area contributed by atoms with E-state index in [4.69, 9.17) is 0 Å². The first-order valence-corrected chi connectivity index (χ1v) is 7.37. The minimum atomic E-state index is -0.545. The number of hydrogen-bond donors (Lipinski definition) is 2. The lowest BCUT2D eigenvalue weighted by Crippen LogP contribution is -3.12. The van der Waals surface area contributed by atoms with E-state index in [0.717, 1.165) is 17.7 Å². The predicted octanol–water partition coefficient (Wildman–Crippen LogP) is -1.95. The average molecular weight is 303 g/mol. The number of rotatable bonds is 2. The van der Waals surface area contributed by atoms with E-state index in [1.54, 1.807) is 29.2 Å². The van der Waals surface area contributed by atoms with Crippen LogP contribution in [0.3, 0.4) is 0 Å². The van der Waals surface area contributed by atoms with Crippen LogP contribution in [-0.4, -0.2) is 53.6 Å². The molecule has 1 fully saturated rings. The van der Waals surface area contributed by atoms with E-state index in [0.29, 0.717) is 24.0 Å². The normalized spacial score (nSPS) is 16.1. The molecule has 1 aliphatic rings. The molecule has 3 rings (SSSR count). The van der Waals surface area contributed by atoms with Crippen LogP contribution in [0.5, 0.6) is 0 Å². The fourth-order valence-corrected chi connectivity index (χ4v) is 2.72. The van der Waals surface area contributed by atoms with Crippen molar-refractivity contribution < 1.29 is 9.69 Å². The molecule has 0 spiro atoms. The number of H-pyrrole nitrogens is 1. The number of amides is 1. The van der Waals surface area contributed by atoms with E-state index in [1.165, 1.54) is 4.90 Å². The summed E-state index contributed by atoms with van der Waals surface area (Å²) in [6.07, 6.45) is 0. The van der Waals surface area contributed by atoms with Crippen molar-refractivity contribution in [2.45, 2.75) is 6.54 Å². The van der Waals surface area contributed by atoms with Crippen molar-refractivity contribution in [1.82, 2.24) is 14.5 Å². The van der Waals surface area contributed by atoms with Crippen LogP contribution in [0.15, 0.2) is 33.9 Å². The summed E-state index contributed by atoms with van der Waals surface area (Å²) in [4.78, 5) is 42.5. The molecule has 7 heteroatoms. The van der Waals surface area contributed by atoms with Crippen molar-refractivity contribution in [2.24, 2.45) is 0 Å². The number of carbonyl (C=O) groups is 1. The zero-order chi connectivity index (χ0) is 15.7. The third-order valence-corrected chi connectivity index (χ3v) is 4.15. The van der Waals surface area contributed by atoms with E-state index in [1.807, 2.05) is 0 Å². The van der Waals surface area contributed by atoms with Crippen molar-refractivity contribution in [2.75, 3.05) is 33.2 Å². The summed E-state index contributed by atoms with van der Waals surface area (Å²) in [5.74, 6) is -0.185. The molecular weight excluding hydrogens is 284 g/mol. The Morgan fingerprint density at radius 3 is 2.64 bits per heavy atom. The van der Waals surface area contributed by atoms with Crippen molar-refractivity contribution in [1.29, 1.82) is 0 Å². The Balaban J connectivity index is 1.89. The van der Waals surface area contributed by atoms with Crippen LogP contribution in [0.4, 0.5) is 0 Å². The van der Waals surface area contributed by atoms with Gasteiger partial charge in [-0.2, -0.15) is 0 Å². The number of fused-ring (bicyclic) bond motifs is 1. The summed E-state index contributed by atoms with van der Waals surface area (Å²) in [5.41, 5.74) is -0.478. The molecule has 7 nitrogen and oxygen atoms in total. The third-order valence-electron chi connectivity index (χ3n) is 4.15. The summed E-state index contributed by atoms with van der Waals surface area (Å²) in [5, 5.41) is 0.415. The molecule has 0 aliphatic carbocycles. The van der Waals surface area contributed by atoms with Gasteiger partial charge in [-0.15, -0.1) is 0 Å². The quantitative estimate of drug-likeness (QED) is 0.676. The number of quaternary nitrogens is 1. The maximum atomic E-state index is 12.4. The van der Waals surface area contributed by atoms with Gasteiger partial charge in [-0.3, -0.25) is 14.2 Å². The van der Waals surface area contributed by atoms with Crippen molar-refractivity contribution in [3.63, 3.8) is 0 Å². The molecular formula is C15H19N4O3+. The van der Waals surface area contributed by atoms with Crippen LogP contribution in [-0.2, 0) is 11.3 Å². The van der Waals surface area contributed by atoms with Gasteiger partial charge in [-0.05, 0) is 12.1 Å². The highest BCUT2D eigenvalue weighted by molar-refractivity contribution is 5.79. The lowest BCUT2D eigenvalue weighted by Gasteiger charge is -2.30. The van der Waals surface area contributed by atoms with Gasteiger partial charge in [0.25, 0.3) is 5.56 Å². The van der Waals surface area contributed by atoms with Gasteiger partial charge in [0.2, 0.25) is 5.91 Å². The van der Waals surface area contributed by atoms with Crippen LogP contribution in [0.2, 0.25) is 0 Å². The Labute approximate surface area is 126 Å². The highest BCUT2D eigenvalue weighted by atomic mass is 16.2. The predicted molar refractivity (Wildman–Crippen MR) is 82.0 cm³/mol. The molecule has 2 heterocycles. The number of para-hydroxylation sites is 1. The number of aromatic nitrogens is 2. The van der Waals surface area contributed by atoms with Crippen molar-refractivity contribution in [3.8, 4) is 0 Å². The molecule has 0 unspecified atom stereocenters. The van der Waals surface area contributed by atoms with Gasteiger partial charge in [0.05, 0.1) is 44.1 Å². The monoisotopic (exact) mass is 303 g/mol. The SMILES string of the molecule is C[NH+]1CCN(C(=O)Cn2c(=O)[nH]c3ccccc3c2=O)CC1. The van der Waals surface area contributed by atoms with Crippen LogP contribution >= 0.6 is 0 Å². The summed E-state index contributed by atoms with van der Waals surface area (Å²) < 4.78 is 0.982. The van der Waals surface area contributed by atoms with Gasteiger partial charge in [0, 0.05) is 0 Å². The van der Waals surface area contributed by atoms with Gasteiger partial charge in [0.15, 0.2) is 0 Å². The Hall–Kier alpha value is -2.41. The molecule has 1 aromatic carbocycles. The number of piperazine rings is 1. The summed E-state index contributed by atoms with van der Waals surface area (Å²) in [6.45, 7) is 2.87. The van der Waals surface area contributed by atoms with E-state index >= 15 is 0 Å². The second-order valence-corrected chi connectivity index (χ2v) is 5.70. The van der Waals surface area contributed by atoms with E-state index in [2.05, 4.69) is 12.0 Å². The van der Waals surface area contributed by atoms with Crippen LogP contribution < -0.4 is 16.1 Å². The first-order valence-electron chi connectivity index (χ1n) is 7.37. The Morgan fingerprint density at radius 1 is 1.23 bits per heavy atom. The molecule has 2 aromatic rings. The molecule has 0 radical (unpaired) electrons. The number of carbonyl (C=O) groups excluding carboxylic acids is 1. The fraction of sp³-hybridized carbons (Fsp3) is 0.400. The Bertz CT molecular complexity index is 815. The second kappa shape index (κ2) is 5.76. The molecule has 116 valence electrons. The molecule has 0 atom stereocenters.